The van der Waals surface area contributed by atoms with Gasteiger partial charge in [-0.3, -0.25) is 0 Å². The van der Waals surface area contributed by atoms with E-state index < -0.39 is 0 Å². The standard InChI is InChI=1S/C26H39FO2/c1-3-5-17-28-26-16-15-24(18-25(26)27)29-19-21-9-13-23(14-10-21)22-11-7-20(6-4-2)8-12-22/h4,6,15-16,18,20-23H,3,5,7-14,17,19H2,1-2H3/b6-4+. The zero-order chi connectivity index (χ0) is 20.5. The minimum absolute atomic E-state index is 0.323. The fourth-order valence-electron chi connectivity index (χ4n) is 5.14. The molecule has 2 saturated carbocycles. The second-order valence-electron chi connectivity index (χ2n) is 9.09. The highest BCUT2D eigenvalue weighted by molar-refractivity contribution is 5.33. The molecule has 0 N–H and O–H groups in total. The Morgan fingerprint density at radius 2 is 1.66 bits per heavy atom. The Kier molecular flexibility index (Phi) is 8.89. The number of hydrogen-bond donors (Lipinski definition) is 0. The lowest BCUT2D eigenvalue weighted by Gasteiger charge is -2.37. The van der Waals surface area contributed by atoms with Crippen molar-refractivity contribution in [2.24, 2.45) is 23.7 Å². The molecule has 3 heteroatoms. The monoisotopic (exact) mass is 402 g/mol. The molecule has 0 amide bonds. The Hall–Kier alpha value is -1.51. The van der Waals surface area contributed by atoms with Crippen LogP contribution in [0.5, 0.6) is 11.5 Å². The number of ether oxygens (including phenoxy) is 2. The Morgan fingerprint density at radius 3 is 2.28 bits per heavy atom. The lowest BCUT2D eigenvalue weighted by molar-refractivity contribution is 0.129. The number of halogens is 1. The summed E-state index contributed by atoms with van der Waals surface area (Å²) in [6.45, 7) is 5.50. The summed E-state index contributed by atoms with van der Waals surface area (Å²) in [7, 11) is 0. The van der Waals surface area contributed by atoms with Crippen LogP contribution in [0.1, 0.15) is 78.1 Å². The van der Waals surface area contributed by atoms with Gasteiger partial charge in [0, 0.05) is 6.07 Å². The smallest absolute Gasteiger partial charge is 0.168 e. The normalized spacial score (nSPS) is 27.8. The van der Waals surface area contributed by atoms with Crippen LogP contribution in [-0.2, 0) is 0 Å². The third kappa shape index (κ3) is 6.76. The Labute approximate surface area is 176 Å². The molecule has 29 heavy (non-hydrogen) atoms. The lowest BCUT2D eigenvalue weighted by Crippen LogP contribution is -2.27. The molecule has 2 aliphatic rings. The number of rotatable bonds is 9. The summed E-state index contributed by atoms with van der Waals surface area (Å²) in [6, 6.07) is 5.00. The summed E-state index contributed by atoms with van der Waals surface area (Å²) < 4.78 is 25.6. The second kappa shape index (κ2) is 11.6. The molecule has 0 aliphatic heterocycles. The van der Waals surface area contributed by atoms with E-state index >= 15 is 0 Å². The first-order valence-electron chi connectivity index (χ1n) is 11.9. The maximum atomic E-state index is 14.2. The molecule has 2 fully saturated rings. The summed E-state index contributed by atoms with van der Waals surface area (Å²) in [5.74, 6) is 3.91. The van der Waals surface area contributed by atoms with Gasteiger partial charge in [-0.1, -0.05) is 25.5 Å². The number of allylic oxidation sites excluding steroid dienone is 2. The molecule has 0 saturated heterocycles. The topological polar surface area (TPSA) is 18.5 Å². The van der Waals surface area contributed by atoms with Gasteiger partial charge in [-0.25, -0.2) is 4.39 Å². The van der Waals surface area contributed by atoms with Crippen LogP contribution in [0.15, 0.2) is 30.4 Å². The van der Waals surface area contributed by atoms with Gasteiger partial charge in [0.1, 0.15) is 5.75 Å². The van der Waals surface area contributed by atoms with Gasteiger partial charge in [-0.2, -0.15) is 0 Å². The van der Waals surface area contributed by atoms with Gasteiger partial charge in [0.15, 0.2) is 11.6 Å². The largest absolute Gasteiger partial charge is 0.493 e. The van der Waals surface area contributed by atoms with Crippen molar-refractivity contribution in [2.75, 3.05) is 13.2 Å². The van der Waals surface area contributed by atoms with Crippen molar-refractivity contribution in [3.05, 3.63) is 36.2 Å². The molecule has 3 rings (SSSR count). The van der Waals surface area contributed by atoms with Gasteiger partial charge < -0.3 is 9.47 Å². The van der Waals surface area contributed by atoms with Crippen molar-refractivity contribution < 1.29 is 13.9 Å². The molecular formula is C26H39FO2. The number of hydrogen-bond acceptors (Lipinski definition) is 2. The summed E-state index contributed by atoms with van der Waals surface area (Å²) in [5.41, 5.74) is 0. The van der Waals surface area contributed by atoms with Crippen LogP contribution in [0.3, 0.4) is 0 Å². The molecular weight excluding hydrogens is 363 g/mol. The van der Waals surface area contributed by atoms with Gasteiger partial charge in [-0.15, -0.1) is 0 Å². The van der Waals surface area contributed by atoms with Gasteiger partial charge in [-0.05, 0) is 101 Å². The van der Waals surface area contributed by atoms with Crippen LogP contribution < -0.4 is 9.47 Å². The molecule has 1 aromatic rings. The van der Waals surface area contributed by atoms with Crippen LogP contribution in [0.4, 0.5) is 4.39 Å². The fraction of sp³-hybridized carbons (Fsp3) is 0.692. The fourth-order valence-corrected chi connectivity index (χ4v) is 5.14. The first kappa shape index (κ1) is 22.2. The maximum Gasteiger partial charge on any atom is 0.168 e. The average Bonchev–Trinajstić information content (AvgIpc) is 2.75. The van der Waals surface area contributed by atoms with E-state index in [0.29, 0.717) is 30.6 Å². The molecule has 0 unspecified atom stereocenters. The molecule has 162 valence electrons. The first-order valence-corrected chi connectivity index (χ1v) is 11.9. The van der Waals surface area contributed by atoms with E-state index in [-0.39, 0.29) is 5.82 Å². The number of unbranched alkanes of at least 4 members (excludes halogenated alkanes) is 1. The summed E-state index contributed by atoms with van der Waals surface area (Å²) in [5, 5.41) is 0. The van der Waals surface area contributed by atoms with Crippen LogP contribution in [0.25, 0.3) is 0 Å². The molecule has 0 atom stereocenters. The first-order chi connectivity index (χ1) is 14.2. The van der Waals surface area contributed by atoms with Gasteiger partial charge in [0.05, 0.1) is 13.2 Å². The van der Waals surface area contributed by atoms with Gasteiger partial charge >= 0.3 is 0 Å². The average molecular weight is 403 g/mol. The molecule has 0 radical (unpaired) electrons. The zero-order valence-corrected chi connectivity index (χ0v) is 18.4. The summed E-state index contributed by atoms with van der Waals surface area (Å²) >= 11 is 0. The van der Waals surface area contributed by atoms with Crippen molar-refractivity contribution in [1.29, 1.82) is 0 Å². The van der Waals surface area contributed by atoms with Crippen molar-refractivity contribution in [3.8, 4) is 11.5 Å². The minimum atomic E-state index is -0.323. The van der Waals surface area contributed by atoms with Crippen LogP contribution in [0.2, 0.25) is 0 Å². The predicted molar refractivity (Wildman–Crippen MR) is 118 cm³/mol. The number of benzene rings is 1. The van der Waals surface area contributed by atoms with Crippen molar-refractivity contribution in [2.45, 2.75) is 78.1 Å². The minimum Gasteiger partial charge on any atom is -0.493 e. The third-order valence-electron chi connectivity index (χ3n) is 6.98. The predicted octanol–water partition coefficient (Wildman–Crippen LogP) is 7.57. The Morgan fingerprint density at radius 1 is 0.966 bits per heavy atom. The molecule has 0 aromatic heterocycles. The van der Waals surface area contributed by atoms with E-state index in [1.54, 1.807) is 6.07 Å². The third-order valence-corrected chi connectivity index (χ3v) is 6.98. The zero-order valence-electron chi connectivity index (χ0n) is 18.4. The summed E-state index contributed by atoms with van der Waals surface area (Å²) in [6.07, 6.45) is 17.4. The van der Waals surface area contributed by atoms with Crippen molar-refractivity contribution in [1.82, 2.24) is 0 Å². The maximum absolute atomic E-state index is 14.2. The van der Waals surface area contributed by atoms with Gasteiger partial charge in [0.25, 0.3) is 0 Å². The molecule has 2 nitrogen and oxygen atoms in total. The van der Waals surface area contributed by atoms with Crippen LogP contribution in [0, 0.1) is 29.5 Å². The Balaban J connectivity index is 1.37. The molecule has 0 bridgehead atoms. The van der Waals surface area contributed by atoms with E-state index in [0.717, 1.165) is 30.6 Å². The van der Waals surface area contributed by atoms with Crippen LogP contribution >= 0.6 is 0 Å². The highest BCUT2D eigenvalue weighted by atomic mass is 19.1. The molecule has 0 heterocycles. The molecule has 0 spiro atoms. The Bertz CT molecular complexity index is 626. The van der Waals surface area contributed by atoms with Crippen molar-refractivity contribution in [3.63, 3.8) is 0 Å². The quantitative estimate of drug-likeness (QED) is 0.313. The summed E-state index contributed by atoms with van der Waals surface area (Å²) in [4.78, 5) is 0. The van der Waals surface area contributed by atoms with Crippen molar-refractivity contribution >= 4 is 0 Å². The lowest BCUT2D eigenvalue weighted by atomic mass is 9.69. The highest BCUT2D eigenvalue weighted by Gasteiger charge is 2.30. The highest BCUT2D eigenvalue weighted by Crippen LogP contribution is 2.41. The van der Waals surface area contributed by atoms with Crippen LogP contribution in [-0.4, -0.2) is 13.2 Å². The molecule has 1 aromatic carbocycles. The molecule has 2 aliphatic carbocycles. The van der Waals surface area contributed by atoms with E-state index in [1.807, 2.05) is 6.07 Å². The van der Waals surface area contributed by atoms with E-state index in [4.69, 9.17) is 9.47 Å². The van der Waals surface area contributed by atoms with E-state index in [2.05, 4.69) is 26.0 Å². The van der Waals surface area contributed by atoms with Gasteiger partial charge in [0.2, 0.25) is 0 Å². The van der Waals surface area contributed by atoms with E-state index in [1.165, 1.54) is 57.4 Å². The van der Waals surface area contributed by atoms with E-state index in [9.17, 15) is 4.39 Å². The SMILES string of the molecule is C/C=C/C1CCC(C2CCC(COc3ccc(OCCCC)c(F)c3)CC2)CC1. The second-order valence-corrected chi connectivity index (χ2v) is 9.09.